The second-order valence-corrected chi connectivity index (χ2v) is 4.85. The molecule has 0 spiro atoms. The van der Waals surface area contributed by atoms with Gasteiger partial charge in [-0.3, -0.25) is 0 Å². The summed E-state index contributed by atoms with van der Waals surface area (Å²) in [6, 6.07) is 4.42. The average molecular weight is 370 g/mol. The van der Waals surface area contributed by atoms with Gasteiger partial charge in [0.15, 0.2) is 0 Å². The van der Waals surface area contributed by atoms with E-state index >= 15 is 0 Å². The maximum absolute atomic E-state index is 13.4. The zero-order valence-electron chi connectivity index (χ0n) is 11.9. The van der Waals surface area contributed by atoms with Gasteiger partial charge in [-0.05, 0) is 17.7 Å². The minimum Gasteiger partial charge on any atom is -0.497 e. The van der Waals surface area contributed by atoms with E-state index in [1.165, 1.54) is 12.1 Å². The standard InChI is InChI=1S/C13H11F9O2/c1-24-8-4-2-3-7(5-8)9(23)6-10(14,15)11(16,17)12(18,19)13(20,21)22/h2-5,9,23H,6H2,1H3. The molecule has 0 radical (unpaired) electrons. The van der Waals surface area contributed by atoms with Crippen LogP contribution in [0.5, 0.6) is 5.75 Å². The van der Waals surface area contributed by atoms with Gasteiger partial charge in [-0.2, -0.15) is 39.5 Å². The van der Waals surface area contributed by atoms with E-state index in [9.17, 15) is 44.6 Å². The molecule has 0 saturated heterocycles. The van der Waals surface area contributed by atoms with Gasteiger partial charge in [0.25, 0.3) is 0 Å². The second-order valence-electron chi connectivity index (χ2n) is 4.85. The van der Waals surface area contributed by atoms with E-state index in [1.54, 1.807) is 0 Å². The van der Waals surface area contributed by atoms with Crippen LogP contribution < -0.4 is 4.74 Å². The summed E-state index contributed by atoms with van der Waals surface area (Å²) in [4.78, 5) is 0. The van der Waals surface area contributed by atoms with Gasteiger partial charge >= 0.3 is 23.9 Å². The molecule has 1 rings (SSSR count). The van der Waals surface area contributed by atoms with Crippen LogP contribution in [0.2, 0.25) is 0 Å². The average Bonchev–Trinajstić information content (AvgIpc) is 2.45. The smallest absolute Gasteiger partial charge is 0.460 e. The lowest BCUT2D eigenvalue weighted by molar-refractivity contribution is -0.398. The fraction of sp³-hybridized carbons (Fsp3) is 0.538. The van der Waals surface area contributed by atoms with Crippen LogP contribution in [-0.4, -0.2) is 36.2 Å². The SMILES string of the molecule is COc1cccc(C(O)CC(F)(F)C(F)(F)C(F)(F)C(F)(F)F)c1. The quantitative estimate of drug-likeness (QED) is 0.743. The van der Waals surface area contributed by atoms with Crippen LogP contribution >= 0.6 is 0 Å². The monoisotopic (exact) mass is 370 g/mol. The summed E-state index contributed by atoms with van der Waals surface area (Å²) in [6.07, 6.45) is -11.7. The maximum atomic E-state index is 13.4. The molecule has 0 bridgehead atoms. The molecule has 24 heavy (non-hydrogen) atoms. The van der Waals surface area contributed by atoms with Crippen molar-refractivity contribution < 1.29 is 49.4 Å². The van der Waals surface area contributed by atoms with Crippen molar-refractivity contribution in [1.29, 1.82) is 0 Å². The highest BCUT2D eigenvalue weighted by Crippen LogP contribution is 2.55. The van der Waals surface area contributed by atoms with E-state index in [4.69, 9.17) is 0 Å². The first-order valence-corrected chi connectivity index (χ1v) is 6.19. The van der Waals surface area contributed by atoms with Gasteiger partial charge in [0, 0.05) is 6.42 Å². The fourth-order valence-electron chi connectivity index (χ4n) is 1.75. The molecule has 0 saturated carbocycles. The molecular weight excluding hydrogens is 359 g/mol. The van der Waals surface area contributed by atoms with Gasteiger partial charge < -0.3 is 9.84 Å². The predicted molar refractivity (Wildman–Crippen MR) is 63.5 cm³/mol. The Morgan fingerprint density at radius 2 is 1.50 bits per heavy atom. The minimum absolute atomic E-state index is 0.0299. The van der Waals surface area contributed by atoms with Crippen molar-refractivity contribution in [3.05, 3.63) is 29.8 Å². The van der Waals surface area contributed by atoms with E-state index in [2.05, 4.69) is 4.74 Å². The van der Waals surface area contributed by atoms with Gasteiger partial charge in [-0.1, -0.05) is 12.1 Å². The molecule has 0 aliphatic carbocycles. The van der Waals surface area contributed by atoms with E-state index < -0.39 is 42.0 Å². The number of hydrogen-bond donors (Lipinski definition) is 1. The van der Waals surface area contributed by atoms with Crippen molar-refractivity contribution in [2.24, 2.45) is 0 Å². The molecule has 11 heteroatoms. The van der Waals surface area contributed by atoms with Gasteiger partial charge in [0.2, 0.25) is 0 Å². The van der Waals surface area contributed by atoms with Crippen molar-refractivity contribution >= 4 is 0 Å². The van der Waals surface area contributed by atoms with Crippen LogP contribution in [0.3, 0.4) is 0 Å². The number of benzene rings is 1. The number of aliphatic hydroxyl groups excluding tert-OH is 1. The Kier molecular flexibility index (Phi) is 5.39. The van der Waals surface area contributed by atoms with Crippen molar-refractivity contribution in [2.75, 3.05) is 7.11 Å². The van der Waals surface area contributed by atoms with E-state index in [-0.39, 0.29) is 5.75 Å². The third-order valence-corrected chi connectivity index (χ3v) is 3.14. The van der Waals surface area contributed by atoms with Crippen LogP contribution in [-0.2, 0) is 0 Å². The van der Waals surface area contributed by atoms with E-state index in [1.807, 2.05) is 0 Å². The molecule has 1 aromatic carbocycles. The predicted octanol–water partition coefficient (Wildman–Crippen LogP) is 4.59. The molecule has 0 amide bonds. The molecular formula is C13H11F9O2. The van der Waals surface area contributed by atoms with Crippen LogP contribution in [0.4, 0.5) is 39.5 Å². The number of aliphatic hydroxyl groups is 1. The summed E-state index contributed by atoms with van der Waals surface area (Å²) < 4.78 is 119. The summed E-state index contributed by atoms with van der Waals surface area (Å²) in [5.74, 6) is -19.5. The summed E-state index contributed by atoms with van der Waals surface area (Å²) in [5.41, 5.74) is -0.417. The molecule has 1 atom stereocenters. The minimum atomic E-state index is -6.97. The van der Waals surface area contributed by atoms with Crippen LogP contribution in [0.25, 0.3) is 0 Å². The summed E-state index contributed by atoms with van der Waals surface area (Å²) in [6.45, 7) is 0. The van der Waals surface area contributed by atoms with Gasteiger partial charge in [-0.15, -0.1) is 0 Å². The summed E-state index contributed by atoms with van der Waals surface area (Å²) in [5, 5.41) is 9.51. The first-order valence-electron chi connectivity index (χ1n) is 6.19. The normalized spacial score (nSPS) is 15.3. The topological polar surface area (TPSA) is 29.5 Å². The highest BCUT2D eigenvalue weighted by atomic mass is 19.4. The number of alkyl halides is 9. The zero-order valence-corrected chi connectivity index (χ0v) is 11.9. The highest BCUT2D eigenvalue weighted by Gasteiger charge is 2.81. The molecule has 0 fully saturated rings. The molecule has 0 aliphatic rings. The molecule has 0 aromatic heterocycles. The molecule has 1 unspecified atom stereocenters. The Bertz CT molecular complexity index is 569. The summed E-state index contributed by atoms with van der Waals surface area (Å²) >= 11 is 0. The van der Waals surface area contributed by atoms with Gasteiger partial charge in [0.05, 0.1) is 13.2 Å². The number of ether oxygens (including phenoxy) is 1. The van der Waals surface area contributed by atoms with Crippen LogP contribution in [0, 0.1) is 0 Å². The number of halogens is 9. The molecule has 0 aliphatic heterocycles. The lowest BCUT2D eigenvalue weighted by Crippen LogP contribution is -2.61. The zero-order chi connectivity index (χ0) is 19.0. The lowest BCUT2D eigenvalue weighted by Gasteiger charge is -2.34. The van der Waals surface area contributed by atoms with E-state index in [0.717, 1.165) is 19.2 Å². The first kappa shape index (κ1) is 20.4. The number of hydrogen-bond acceptors (Lipinski definition) is 2. The third kappa shape index (κ3) is 3.55. The molecule has 0 heterocycles. The Hall–Kier alpha value is -1.65. The molecule has 138 valence electrons. The van der Waals surface area contributed by atoms with Gasteiger partial charge in [-0.25, -0.2) is 0 Å². The van der Waals surface area contributed by atoms with E-state index in [0.29, 0.717) is 0 Å². The van der Waals surface area contributed by atoms with Crippen LogP contribution in [0.15, 0.2) is 24.3 Å². The van der Waals surface area contributed by atoms with Crippen molar-refractivity contribution in [2.45, 2.75) is 36.5 Å². The van der Waals surface area contributed by atoms with Crippen molar-refractivity contribution in [3.63, 3.8) is 0 Å². The van der Waals surface area contributed by atoms with Crippen LogP contribution in [0.1, 0.15) is 18.1 Å². The number of methoxy groups -OCH3 is 1. The number of rotatable bonds is 6. The second kappa shape index (κ2) is 6.34. The fourth-order valence-corrected chi connectivity index (χ4v) is 1.75. The van der Waals surface area contributed by atoms with Gasteiger partial charge in [0.1, 0.15) is 5.75 Å². The Morgan fingerprint density at radius 1 is 0.958 bits per heavy atom. The Morgan fingerprint density at radius 3 is 1.96 bits per heavy atom. The molecule has 1 N–H and O–H groups in total. The van der Waals surface area contributed by atoms with Crippen molar-refractivity contribution in [1.82, 2.24) is 0 Å². The third-order valence-electron chi connectivity index (χ3n) is 3.14. The Labute approximate surface area is 129 Å². The lowest BCUT2D eigenvalue weighted by atomic mass is 9.95. The molecule has 2 nitrogen and oxygen atoms in total. The Balaban J connectivity index is 3.10. The molecule has 1 aromatic rings. The van der Waals surface area contributed by atoms with Crippen molar-refractivity contribution in [3.8, 4) is 5.75 Å². The highest BCUT2D eigenvalue weighted by molar-refractivity contribution is 5.30. The first-order chi connectivity index (χ1) is 10.7. The maximum Gasteiger partial charge on any atom is 0.460 e. The summed E-state index contributed by atoms with van der Waals surface area (Å²) in [7, 11) is 1.16. The largest absolute Gasteiger partial charge is 0.497 e.